The number of hydrogen-bond acceptors (Lipinski definition) is 5. The fourth-order valence-electron chi connectivity index (χ4n) is 1.21. The molecule has 0 spiro atoms. The summed E-state index contributed by atoms with van der Waals surface area (Å²) in [4.78, 5) is 10.3. The van der Waals surface area contributed by atoms with Crippen molar-refractivity contribution in [3.63, 3.8) is 0 Å². The first-order valence-corrected chi connectivity index (χ1v) is 8.38. The lowest BCUT2D eigenvalue weighted by atomic mass is 10.0. The van der Waals surface area contributed by atoms with Gasteiger partial charge in [-0.25, -0.2) is 0 Å². The van der Waals surface area contributed by atoms with Gasteiger partial charge < -0.3 is 24.4 Å². The van der Waals surface area contributed by atoms with E-state index in [1.807, 2.05) is 49.6 Å². The third-order valence-corrected chi connectivity index (χ3v) is 4.40. The number of aliphatic hydroxyl groups is 1. The van der Waals surface area contributed by atoms with Gasteiger partial charge in [0.05, 0.1) is 7.05 Å². The molecule has 0 saturated carbocycles. The highest BCUT2D eigenvalue weighted by Gasteiger charge is 2.16. The van der Waals surface area contributed by atoms with Crippen molar-refractivity contribution in [1.29, 1.82) is 0 Å². The lowest BCUT2D eigenvalue weighted by Crippen LogP contribution is -2.86. The summed E-state index contributed by atoms with van der Waals surface area (Å²) >= 11 is 4.26. The third-order valence-electron chi connectivity index (χ3n) is 2.61. The highest BCUT2D eigenvalue weighted by molar-refractivity contribution is 8.06. The summed E-state index contributed by atoms with van der Waals surface area (Å²) in [6.07, 6.45) is -0.365. The molecule has 1 rings (SSSR count). The second-order valence-electron chi connectivity index (χ2n) is 3.86. The minimum Gasteiger partial charge on any atom is -0.780 e. The molecule has 2 atom stereocenters. The maximum absolute atomic E-state index is 10.3. The second kappa shape index (κ2) is 9.55. The van der Waals surface area contributed by atoms with Crippen LogP contribution in [-0.2, 0) is 20.9 Å². The monoisotopic (exact) mass is 307 g/mol. The van der Waals surface area contributed by atoms with Gasteiger partial charge in [0.25, 0.3) is 0 Å². The van der Waals surface area contributed by atoms with Gasteiger partial charge in [0.1, 0.15) is 18.9 Å². The van der Waals surface area contributed by atoms with E-state index < -0.39 is 6.72 Å². The predicted octanol–water partition coefficient (Wildman–Crippen LogP) is 0.166. The lowest BCUT2D eigenvalue weighted by molar-refractivity contribution is -0.669. The molecule has 7 heteroatoms. The van der Waals surface area contributed by atoms with Crippen LogP contribution in [-0.4, -0.2) is 32.4 Å². The van der Waals surface area contributed by atoms with E-state index in [1.54, 1.807) is 0 Å². The first-order chi connectivity index (χ1) is 8.87. The van der Waals surface area contributed by atoms with Gasteiger partial charge in [-0.05, 0) is 12.5 Å². The SMILES string of the molecule is COP([O-])(=S)OC.C[NH2+]C(C)C(O)c1ccccc1. The standard InChI is InChI=1S/C10H15NO.C2H7O3PS/c1-8(11-2)10(12)9-6-4-3-5-7-9;1-4-6(3,7)5-2/h3-8,10-12H,1-2H3;1-2H3,(H,3,7). The van der Waals surface area contributed by atoms with Crippen LogP contribution in [0, 0.1) is 0 Å². The molecule has 2 unspecified atom stereocenters. The molecule has 110 valence electrons. The minimum atomic E-state index is -3.07. The Hall–Kier alpha value is -0.330. The smallest absolute Gasteiger partial charge is 0.130 e. The number of benzene rings is 1. The van der Waals surface area contributed by atoms with Crippen LogP contribution in [0.15, 0.2) is 30.3 Å². The molecule has 19 heavy (non-hydrogen) atoms. The second-order valence-corrected chi connectivity index (χ2v) is 6.83. The fraction of sp³-hybridized carbons (Fsp3) is 0.500. The molecule has 0 aliphatic carbocycles. The van der Waals surface area contributed by atoms with Crippen LogP contribution in [0.25, 0.3) is 0 Å². The topological polar surface area (TPSA) is 78.4 Å². The normalized spacial score (nSPS) is 14.2. The molecule has 0 saturated heterocycles. The number of rotatable bonds is 5. The van der Waals surface area contributed by atoms with Gasteiger partial charge in [0.2, 0.25) is 0 Å². The van der Waals surface area contributed by atoms with E-state index in [1.165, 1.54) is 14.2 Å². The van der Waals surface area contributed by atoms with Gasteiger partial charge in [0.15, 0.2) is 0 Å². The average Bonchev–Trinajstić information content (AvgIpc) is 2.47. The Morgan fingerprint density at radius 3 is 2.05 bits per heavy atom. The number of likely N-dealkylation sites (N-methyl/N-ethyl adjacent to an activating group) is 1. The van der Waals surface area contributed by atoms with E-state index in [9.17, 15) is 10.00 Å². The van der Waals surface area contributed by atoms with Crippen LogP contribution < -0.4 is 10.2 Å². The zero-order chi connectivity index (χ0) is 14.9. The summed E-state index contributed by atoms with van der Waals surface area (Å²) in [5, 5.41) is 11.8. The Labute approximate surface area is 119 Å². The minimum absolute atomic E-state index is 0.215. The Morgan fingerprint density at radius 1 is 1.26 bits per heavy atom. The summed E-state index contributed by atoms with van der Waals surface area (Å²) in [5.74, 6) is 0. The van der Waals surface area contributed by atoms with Crippen LogP contribution in [0.2, 0.25) is 0 Å². The van der Waals surface area contributed by atoms with Crippen LogP contribution in [0.3, 0.4) is 0 Å². The van der Waals surface area contributed by atoms with Crippen molar-refractivity contribution in [3.05, 3.63) is 35.9 Å². The molecule has 0 bridgehead atoms. The third kappa shape index (κ3) is 7.74. The van der Waals surface area contributed by atoms with E-state index in [0.29, 0.717) is 0 Å². The van der Waals surface area contributed by atoms with Gasteiger partial charge in [-0.3, -0.25) is 0 Å². The van der Waals surface area contributed by atoms with Crippen molar-refractivity contribution in [1.82, 2.24) is 0 Å². The average molecular weight is 307 g/mol. The first kappa shape index (κ1) is 18.7. The highest BCUT2D eigenvalue weighted by atomic mass is 32.5. The summed E-state index contributed by atoms with van der Waals surface area (Å²) < 4.78 is 8.47. The number of quaternary nitrogens is 1. The predicted molar refractivity (Wildman–Crippen MR) is 77.0 cm³/mol. The van der Waals surface area contributed by atoms with Crippen molar-refractivity contribution in [3.8, 4) is 0 Å². The Bertz CT molecular complexity index is 383. The van der Waals surface area contributed by atoms with E-state index in [-0.39, 0.29) is 12.1 Å². The van der Waals surface area contributed by atoms with Gasteiger partial charge in [-0.2, -0.15) is 0 Å². The van der Waals surface area contributed by atoms with Crippen LogP contribution in [0.5, 0.6) is 0 Å². The van der Waals surface area contributed by atoms with Gasteiger partial charge >= 0.3 is 0 Å². The van der Waals surface area contributed by atoms with Crippen molar-refractivity contribution in [2.45, 2.75) is 19.1 Å². The molecule has 5 nitrogen and oxygen atoms in total. The van der Waals surface area contributed by atoms with E-state index >= 15 is 0 Å². The van der Waals surface area contributed by atoms with E-state index in [2.05, 4.69) is 20.9 Å². The first-order valence-electron chi connectivity index (χ1n) is 5.83. The molecule has 0 fully saturated rings. The van der Waals surface area contributed by atoms with E-state index in [0.717, 1.165) is 5.56 Å². The van der Waals surface area contributed by atoms with Crippen molar-refractivity contribution >= 4 is 18.5 Å². The Balaban J connectivity index is 0.000000399. The quantitative estimate of drug-likeness (QED) is 0.758. The summed E-state index contributed by atoms with van der Waals surface area (Å²) in [6, 6.07) is 9.96. The van der Waals surface area contributed by atoms with Crippen molar-refractivity contribution in [2.75, 3.05) is 21.3 Å². The van der Waals surface area contributed by atoms with Crippen LogP contribution in [0.1, 0.15) is 18.6 Å². The zero-order valence-electron chi connectivity index (χ0n) is 11.6. The molecule has 0 amide bonds. The van der Waals surface area contributed by atoms with Crippen molar-refractivity contribution < 1.29 is 24.4 Å². The molecule has 0 aliphatic heterocycles. The summed E-state index contributed by atoms with van der Waals surface area (Å²) in [7, 11) is 4.46. The summed E-state index contributed by atoms with van der Waals surface area (Å²) in [6.45, 7) is -1.06. The summed E-state index contributed by atoms with van der Waals surface area (Å²) in [5.41, 5.74) is 0.989. The van der Waals surface area contributed by atoms with Crippen LogP contribution >= 0.6 is 6.72 Å². The molecule has 0 radical (unpaired) electrons. The molecular weight excluding hydrogens is 285 g/mol. The number of aliphatic hydroxyl groups excluding tert-OH is 1. The van der Waals surface area contributed by atoms with Crippen molar-refractivity contribution in [2.24, 2.45) is 0 Å². The van der Waals surface area contributed by atoms with Gasteiger partial charge in [0, 0.05) is 14.2 Å². The van der Waals surface area contributed by atoms with Crippen LogP contribution in [0.4, 0.5) is 0 Å². The molecule has 0 aromatic heterocycles. The fourth-order valence-corrected chi connectivity index (χ4v) is 1.36. The number of nitrogens with two attached hydrogens (primary N) is 1. The molecule has 0 heterocycles. The maximum Gasteiger partial charge on any atom is 0.130 e. The Kier molecular flexibility index (Phi) is 9.39. The molecule has 1 aromatic rings. The molecule has 1 aromatic carbocycles. The zero-order valence-corrected chi connectivity index (χ0v) is 13.4. The van der Waals surface area contributed by atoms with Gasteiger partial charge in [-0.1, -0.05) is 42.1 Å². The lowest BCUT2D eigenvalue weighted by Gasteiger charge is -2.21. The maximum atomic E-state index is 10.3. The van der Waals surface area contributed by atoms with Gasteiger partial charge in [-0.15, -0.1) is 0 Å². The number of hydrogen-bond donors (Lipinski definition) is 2. The highest BCUT2D eigenvalue weighted by Crippen LogP contribution is 2.35. The molecular formula is C12H22NO4PS. The Morgan fingerprint density at radius 2 is 1.74 bits per heavy atom. The molecule has 0 aliphatic rings. The molecule has 3 N–H and O–H groups in total. The van der Waals surface area contributed by atoms with E-state index in [4.69, 9.17) is 0 Å². The largest absolute Gasteiger partial charge is 0.780 e.